The van der Waals surface area contributed by atoms with Gasteiger partial charge in [0.15, 0.2) is 11.6 Å². The molecular formula is C38H36O8. The van der Waals surface area contributed by atoms with Crippen LogP contribution in [-0.2, 0) is 9.47 Å². The van der Waals surface area contributed by atoms with Crippen LogP contribution in [0.15, 0.2) is 97.1 Å². The molecule has 8 bridgehead atoms. The lowest BCUT2D eigenvalue weighted by Gasteiger charge is -2.51. The minimum absolute atomic E-state index is 0.0735. The number of hydrogen-bond donors (Lipinski definition) is 0. The quantitative estimate of drug-likeness (QED) is 0.232. The fourth-order valence-corrected chi connectivity index (χ4v) is 6.70. The van der Waals surface area contributed by atoms with Crippen LogP contribution in [0.5, 0.6) is 23.0 Å². The molecule has 1 aliphatic carbocycles. The predicted molar refractivity (Wildman–Crippen MR) is 171 cm³/mol. The van der Waals surface area contributed by atoms with Crippen LogP contribution in [-0.4, -0.2) is 64.4 Å². The second-order valence-corrected chi connectivity index (χ2v) is 11.6. The minimum atomic E-state index is -0.589. The van der Waals surface area contributed by atoms with E-state index in [0.29, 0.717) is 75.5 Å². The molecule has 236 valence electrons. The molecule has 0 spiro atoms. The Kier molecular flexibility index (Phi) is 8.98. The molecule has 8 aliphatic rings. The van der Waals surface area contributed by atoms with Crippen molar-refractivity contribution in [1.82, 2.24) is 0 Å². The molecule has 0 aromatic heterocycles. The average Bonchev–Trinajstić information content (AvgIpc) is 3.08. The fourth-order valence-electron chi connectivity index (χ4n) is 6.70. The number of fused-ring (bicyclic) bond motifs is 2. The fraction of sp³-hybridized carbons (Fsp3) is 0.316. The van der Waals surface area contributed by atoms with Gasteiger partial charge in [-0.25, -0.2) is 0 Å². The summed E-state index contributed by atoms with van der Waals surface area (Å²) < 4.78 is 34.7. The van der Waals surface area contributed by atoms with Crippen molar-refractivity contribution in [2.24, 2.45) is 11.8 Å². The molecule has 1 saturated carbocycles. The minimum Gasteiger partial charge on any atom is -0.491 e. The van der Waals surface area contributed by atoms with Crippen LogP contribution in [0.1, 0.15) is 43.7 Å². The third-order valence-corrected chi connectivity index (χ3v) is 8.95. The third kappa shape index (κ3) is 6.36. The normalized spacial score (nSPS) is 23.6. The van der Waals surface area contributed by atoms with Crippen molar-refractivity contribution < 1.29 is 38.0 Å². The number of rotatable bonds is 0. The van der Waals surface area contributed by atoms with Crippen molar-refractivity contribution in [3.63, 3.8) is 0 Å². The van der Waals surface area contributed by atoms with Crippen LogP contribution in [0, 0.1) is 11.8 Å². The van der Waals surface area contributed by atoms with Crippen molar-refractivity contribution in [2.45, 2.75) is 11.8 Å². The molecule has 4 aromatic carbocycles. The van der Waals surface area contributed by atoms with Crippen molar-refractivity contribution in [2.75, 3.05) is 52.9 Å². The topological polar surface area (TPSA) is 89.5 Å². The number of ether oxygens (including phenoxy) is 6. The maximum absolute atomic E-state index is 14.5. The molecule has 4 atom stereocenters. The molecule has 0 unspecified atom stereocenters. The van der Waals surface area contributed by atoms with Gasteiger partial charge in [-0.1, -0.05) is 24.3 Å². The molecular weight excluding hydrogens is 584 g/mol. The monoisotopic (exact) mass is 620 g/mol. The molecule has 1 fully saturated rings. The molecule has 7 aliphatic heterocycles. The Morgan fingerprint density at radius 2 is 0.630 bits per heavy atom. The van der Waals surface area contributed by atoms with Crippen LogP contribution in [0.2, 0.25) is 0 Å². The Hall–Kier alpha value is -4.66. The zero-order valence-electron chi connectivity index (χ0n) is 25.5. The highest BCUT2D eigenvalue weighted by atomic mass is 16.5. The molecule has 4 aromatic rings. The highest BCUT2D eigenvalue weighted by Crippen LogP contribution is 2.60. The Labute approximate surface area is 268 Å². The summed E-state index contributed by atoms with van der Waals surface area (Å²) in [6.07, 6.45) is 0. The highest BCUT2D eigenvalue weighted by Gasteiger charge is 2.57. The highest BCUT2D eigenvalue weighted by molar-refractivity contribution is 6.07. The van der Waals surface area contributed by atoms with Crippen LogP contribution < -0.4 is 18.9 Å². The summed E-state index contributed by atoms with van der Waals surface area (Å²) >= 11 is 0. The van der Waals surface area contributed by atoms with Gasteiger partial charge < -0.3 is 28.4 Å². The zero-order valence-corrected chi connectivity index (χ0v) is 25.5. The Morgan fingerprint density at radius 3 is 0.935 bits per heavy atom. The maximum Gasteiger partial charge on any atom is 0.167 e. The lowest BCUT2D eigenvalue weighted by molar-refractivity contribution is 0.0456. The van der Waals surface area contributed by atoms with Gasteiger partial charge in [-0.3, -0.25) is 9.59 Å². The number of carbonyl (C=O) groups excluding carboxylic acids is 2. The van der Waals surface area contributed by atoms with Crippen LogP contribution >= 0.6 is 0 Å². The maximum atomic E-state index is 14.5. The summed E-state index contributed by atoms with van der Waals surface area (Å²) in [5.41, 5.74) is 3.03. The van der Waals surface area contributed by atoms with Gasteiger partial charge in [0.2, 0.25) is 0 Å². The molecule has 0 amide bonds. The molecule has 12 rings (SSSR count). The number of Topliss-reactive ketones (excluding diaryl/α,β-unsaturated/α-hetero) is 2. The van der Waals surface area contributed by atoms with Crippen molar-refractivity contribution in [1.29, 1.82) is 0 Å². The molecule has 0 radical (unpaired) electrons. The lowest BCUT2D eigenvalue weighted by atomic mass is 9.49. The van der Waals surface area contributed by atoms with E-state index in [-0.39, 0.29) is 23.4 Å². The summed E-state index contributed by atoms with van der Waals surface area (Å²) in [7, 11) is 0. The number of benzene rings is 4. The molecule has 8 heteroatoms. The third-order valence-electron chi connectivity index (χ3n) is 8.95. The van der Waals surface area contributed by atoms with Crippen LogP contribution in [0.25, 0.3) is 0 Å². The van der Waals surface area contributed by atoms with E-state index in [2.05, 4.69) is 0 Å². The first kappa shape index (κ1) is 30.0. The van der Waals surface area contributed by atoms with Gasteiger partial charge in [0.1, 0.15) is 49.4 Å². The molecule has 0 N–H and O–H groups in total. The van der Waals surface area contributed by atoms with Crippen LogP contribution in [0.4, 0.5) is 0 Å². The summed E-state index contributed by atoms with van der Waals surface area (Å²) in [5, 5.41) is 0. The predicted octanol–water partition coefficient (Wildman–Crippen LogP) is 6.14. The van der Waals surface area contributed by atoms with Gasteiger partial charge in [-0.05, 0) is 83.9 Å². The van der Waals surface area contributed by atoms with E-state index in [4.69, 9.17) is 28.4 Å². The van der Waals surface area contributed by atoms with Gasteiger partial charge in [0.25, 0.3) is 0 Å². The molecule has 0 saturated heterocycles. The number of hydrogen-bond acceptors (Lipinski definition) is 8. The van der Waals surface area contributed by atoms with E-state index < -0.39 is 11.8 Å². The van der Waals surface area contributed by atoms with Gasteiger partial charge in [0, 0.05) is 34.8 Å². The average molecular weight is 621 g/mol. The number of carbonyl (C=O) groups is 2. The summed E-state index contributed by atoms with van der Waals surface area (Å²) in [5.74, 6) is 0.918. The van der Waals surface area contributed by atoms with Gasteiger partial charge in [0.05, 0.1) is 26.4 Å². The standard InChI is InChI=1S/C38H36O8/c39-37-27-5-13-31(14-6-27)45-23-19-42-20-24-46-32-15-7-28(8-16-32)38(40)36-34-26-3-11-30(12-4-26)44-22-18-41-17-21-43-29-9-1-25(2-10-29)33(34)35(36)37/h1-16,33-36H,17-24H2/t33-,34+,35+,36-. The summed E-state index contributed by atoms with van der Waals surface area (Å²) in [6, 6.07) is 30.1. The van der Waals surface area contributed by atoms with Gasteiger partial charge in [-0.15, -0.1) is 0 Å². The Bertz CT molecular complexity index is 1510. The van der Waals surface area contributed by atoms with Crippen molar-refractivity contribution >= 4 is 11.6 Å². The van der Waals surface area contributed by atoms with Crippen molar-refractivity contribution in [3.05, 3.63) is 119 Å². The van der Waals surface area contributed by atoms with Gasteiger partial charge in [-0.2, -0.15) is 0 Å². The zero-order chi connectivity index (χ0) is 31.3. The second-order valence-electron chi connectivity index (χ2n) is 11.6. The molecule has 46 heavy (non-hydrogen) atoms. The Balaban J connectivity index is 1.32. The lowest BCUT2D eigenvalue weighted by Crippen LogP contribution is -2.51. The van der Waals surface area contributed by atoms with Crippen LogP contribution in [0.3, 0.4) is 0 Å². The smallest absolute Gasteiger partial charge is 0.167 e. The van der Waals surface area contributed by atoms with E-state index >= 15 is 0 Å². The van der Waals surface area contributed by atoms with Crippen molar-refractivity contribution in [3.8, 4) is 23.0 Å². The van der Waals surface area contributed by atoms with E-state index in [1.54, 1.807) is 48.5 Å². The molecule has 8 nitrogen and oxygen atoms in total. The second kappa shape index (κ2) is 13.8. The summed E-state index contributed by atoms with van der Waals surface area (Å²) in [6.45, 7) is 3.29. The largest absolute Gasteiger partial charge is 0.491 e. The van der Waals surface area contributed by atoms with E-state index in [9.17, 15) is 9.59 Å². The summed E-state index contributed by atoms with van der Waals surface area (Å²) in [4.78, 5) is 29.0. The van der Waals surface area contributed by atoms with E-state index in [1.165, 1.54) is 0 Å². The first-order valence-corrected chi connectivity index (χ1v) is 15.8. The van der Waals surface area contributed by atoms with E-state index in [0.717, 1.165) is 22.6 Å². The number of ketones is 2. The molecule has 7 heterocycles. The SMILES string of the molecule is O=C1c2ccc(cc2)OCCOCCOc2ccc(cc2)C(=O)[C@H]2[C@@H]1[C@@H]1c3ccc(cc3)OCCOCCOc3ccc(cc3)[C@H]21. The van der Waals surface area contributed by atoms with Gasteiger partial charge >= 0.3 is 0 Å². The van der Waals surface area contributed by atoms with E-state index in [1.807, 2.05) is 48.5 Å². The first-order valence-electron chi connectivity index (χ1n) is 15.8. The Morgan fingerprint density at radius 1 is 0.348 bits per heavy atom. The first-order chi connectivity index (χ1) is 22.7.